The van der Waals surface area contributed by atoms with E-state index < -0.39 is 6.04 Å². The van der Waals surface area contributed by atoms with Crippen LogP contribution in [-0.4, -0.2) is 67.2 Å². The second-order valence-corrected chi connectivity index (χ2v) is 11.1. The molecule has 33 heavy (non-hydrogen) atoms. The molecule has 0 radical (unpaired) electrons. The molecular formula is C25H40N4O2S2. The number of rotatable bonds is 12. The van der Waals surface area contributed by atoms with Gasteiger partial charge in [-0.25, -0.2) is 0 Å². The van der Waals surface area contributed by atoms with Crippen LogP contribution in [0.2, 0.25) is 0 Å². The van der Waals surface area contributed by atoms with Gasteiger partial charge in [-0.3, -0.25) is 14.9 Å². The van der Waals surface area contributed by atoms with Crippen LogP contribution in [0.25, 0.3) is 0 Å². The molecule has 0 aromatic heterocycles. The Morgan fingerprint density at radius 3 is 2.48 bits per heavy atom. The summed E-state index contributed by atoms with van der Waals surface area (Å²) < 4.78 is 0. The number of amides is 2. The van der Waals surface area contributed by atoms with Gasteiger partial charge in [0, 0.05) is 36.4 Å². The third-order valence-electron chi connectivity index (χ3n) is 6.51. The number of nitrogens with zero attached hydrogens (tertiary/aromatic N) is 1. The van der Waals surface area contributed by atoms with Crippen LogP contribution in [0.1, 0.15) is 44.9 Å². The van der Waals surface area contributed by atoms with E-state index in [1.165, 1.54) is 37.8 Å². The van der Waals surface area contributed by atoms with E-state index in [1.54, 1.807) is 11.8 Å². The normalized spacial score (nSPS) is 18.6. The van der Waals surface area contributed by atoms with Gasteiger partial charge in [-0.15, -0.1) is 11.8 Å². The lowest BCUT2D eigenvalue weighted by molar-refractivity contribution is -0.128. The van der Waals surface area contributed by atoms with E-state index in [0.29, 0.717) is 5.75 Å². The van der Waals surface area contributed by atoms with Crippen molar-refractivity contribution in [2.75, 3.05) is 48.2 Å². The van der Waals surface area contributed by atoms with Crippen molar-refractivity contribution in [3.63, 3.8) is 0 Å². The molecule has 3 rings (SSSR count). The molecule has 0 bridgehead atoms. The fraction of sp³-hybridized carbons (Fsp3) is 0.680. The van der Waals surface area contributed by atoms with Crippen LogP contribution < -0.4 is 20.9 Å². The number of para-hydroxylation sites is 1. The first-order valence-corrected chi connectivity index (χ1v) is 14.9. The highest BCUT2D eigenvalue weighted by Crippen LogP contribution is 2.27. The molecule has 184 valence electrons. The number of carbonyl (C=O) groups is 2. The molecule has 6 nitrogen and oxygen atoms in total. The highest BCUT2D eigenvalue weighted by atomic mass is 32.2. The number of anilines is 1. The average Bonchev–Trinajstić information content (AvgIpc) is 2.85. The van der Waals surface area contributed by atoms with Crippen molar-refractivity contribution in [3.8, 4) is 0 Å². The van der Waals surface area contributed by atoms with Crippen LogP contribution in [0.15, 0.2) is 30.3 Å². The number of piperidine rings is 1. The van der Waals surface area contributed by atoms with Crippen molar-refractivity contribution in [1.29, 1.82) is 0 Å². The summed E-state index contributed by atoms with van der Waals surface area (Å²) in [5.41, 5.74) is 1.24. The van der Waals surface area contributed by atoms with E-state index in [9.17, 15) is 9.59 Å². The Balaban J connectivity index is 1.47. The third kappa shape index (κ3) is 9.41. The lowest BCUT2D eigenvalue weighted by atomic mass is 9.91. The van der Waals surface area contributed by atoms with Crippen LogP contribution in [0.5, 0.6) is 0 Å². The van der Waals surface area contributed by atoms with Crippen LogP contribution in [-0.2, 0) is 9.59 Å². The Hall–Kier alpha value is -1.38. The van der Waals surface area contributed by atoms with E-state index in [-0.39, 0.29) is 24.4 Å². The highest BCUT2D eigenvalue weighted by Gasteiger charge is 2.26. The molecule has 2 amide bonds. The number of nitrogens with one attached hydrogen (secondary N) is 3. The number of benzene rings is 1. The predicted octanol–water partition coefficient (Wildman–Crippen LogP) is 3.48. The standard InChI is InChI=1S/C25H40N4O2S2/c1-32-19-26-16-24(30)28-23(18-33-17-20-8-4-2-5-9-20)25(31)27-21-12-14-29(15-13-21)22-10-6-3-7-11-22/h3,6-7,10-11,20-21,23,26H,2,4-5,8-9,12-19H2,1H3,(H,27,31)(H,28,30)/t23-/m0/s1. The second kappa shape index (κ2) is 14.8. The molecule has 1 aliphatic carbocycles. The molecule has 1 aromatic carbocycles. The van der Waals surface area contributed by atoms with Crippen molar-refractivity contribution in [2.24, 2.45) is 5.92 Å². The van der Waals surface area contributed by atoms with Gasteiger partial charge < -0.3 is 15.5 Å². The summed E-state index contributed by atoms with van der Waals surface area (Å²) in [5.74, 6) is 3.05. The van der Waals surface area contributed by atoms with E-state index in [2.05, 4.69) is 45.1 Å². The van der Waals surface area contributed by atoms with Gasteiger partial charge in [0.2, 0.25) is 11.8 Å². The first-order valence-electron chi connectivity index (χ1n) is 12.3. The van der Waals surface area contributed by atoms with Crippen LogP contribution in [0.4, 0.5) is 5.69 Å². The summed E-state index contributed by atoms with van der Waals surface area (Å²) in [5, 5.41) is 9.31. The lowest BCUT2D eigenvalue weighted by Gasteiger charge is -2.34. The molecule has 2 fully saturated rings. The van der Waals surface area contributed by atoms with Gasteiger partial charge in [-0.05, 0) is 55.7 Å². The minimum atomic E-state index is -0.477. The molecule has 0 spiro atoms. The summed E-state index contributed by atoms with van der Waals surface area (Å²) in [6, 6.07) is 10.1. The summed E-state index contributed by atoms with van der Waals surface area (Å²) >= 11 is 3.46. The Bertz CT molecular complexity index is 708. The number of carbonyl (C=O) groups excluding carboxylic acids is 2. The number of thioether (sulfide) groups is 2. The summed E-state index contributed by atoms with van der Waals surface area (Å²) in [7, 11) is 0. The third-order valence-corrected chi connectivity index (χ3v) is 8.28. The predicted molar refractivity (Wildman–Crippen MR) is 142 cm³/mol. The molecule has 1 heterocycles. The molecule has 1 aromatic rings. The molecular weight excluding hydrogens is 452 g/mol. The van der Waals surface area contributed by atoms with Gasteiger partial charge in [-0.1, -0.05) is 37.5 Å². The monoisotopic (exact) mass is 492 g/mol. The largest absolute Gasteiger partial charge is 0.371 e. The zero-order valence-corrected chi connectivity index (χ0v) is 21.5. The molecule has 3 N–H and O–H groups in total. The van der Waals surface area contributed by atoms with Crippen molar-refractivity contribution in [3.05, 3.63) is 30.3 Å². The number of hydrogen-bond acceptors (Lipinski definition) is 6. The maximum Gasteiger partial charge on any atom is 0.243 e. The summed E-state index contributed by atoms with van der Waals surface area (Å²) in [6.45, 7) is 2.11. The first-order chi connectivity index (χ1) is 16.2. The number of hydrogen-bond donors (Lipinski definition) is 3. The quantitative estimate of drug-likeness (QED) is 0.306. The van der Waals surface area contributed by atoms with E-state index >= 15 is 0 Å². The Morgan fingerprint density at radius 2 is 1.79 bits per heavy atom. The molecule has 8 heteroatoms. The SMILES string of the molecule is CSCNCC(=O)N[C@@H](CSCC1CCCCC1)C(=O)NC1CCN(c2ccccc2)CC1. The van der Waals surface area contributed by atoms with Crippen LogP contribution >= 0.6 is 23.5 Å². The topological polar surface area (TPSA) is 73.5 Å². The van der Waals surface area contributed by atoms with Gasteiger partial charge in [-0.2, -0.15) is 11.8 Å². The van der Waals surface area contributed by atoms with Crippen LogP contribution in [0, 0.1) is 5.92 Å². The van der Waals surface area contributed by atoms with Crippen molar-refractivity contribution < 1.29 is 9.59 Å². The zero-order chi connectivity index (χ0) is 23.3. The molecule has 1 saturated carbocycles. The summed E-state index contributed by atoms with van der Waals surface area (Å²) in [6.07, 6.45) is 10.4. The highest BCUT2D eigenvalue weighted by molar-refractivity contribution is 7.99. The fourth-order valence-corrected chi connectivity index (χ4v) is 6.20. The molecule has 1 atom stereocenters. The zero-order valence-electron chi connectivity index (χ0n) is 19.9. The van der Waals surface area contributed by atoms with Gasteiger partial charge in [0.15, 0.2) is 0 Å². The van der Waals surface area contributed by atoms with E-state index in [4.69, 9.17) is 0 Å². The van der Waals surface area contributed by atoms with Gasteiger partial charge in [0.25, 0.3) is 0 Å². The minimum Gasteiger partial charge on any atom is -0.371 e. The van der Waals surface area contributed by atoms with Crippen molar-refractivity contribution in [1.82, 2.24) is 16.0 Å². The van der Waals surface area contributed by atoms with E-state index in [1.807, 2.05) is 24.1 Å². The minimum absolute atomic E-state index is 0.0393. The van der Waals surface area contributed by atoms with Crippen molar-refractivity contribution >= 4 is 41.0 Å². The first kappa shape index (κ1) is 26.2. The van der Waals surface area contributed by atoms with Gasteiger partial charge in [0.1, 0.15) is 6.04 Å². The maximum atomic E-state index is 13.1. The van der Waals surface area contributed by atoms with Gasteiger partial charge >= 0.3 is 0 Å². The molecule has 1 saturated heterocycles. The Morgan fingerprint density at radius 1 is 1.06 bits per heavy atom. The molecule has 1 aliphatic heterocycles. The maximum absolute atomic E-state index is 13.1. The van der Waals surface area contributed by atoms with Gasteiger partial charge in [0.05, 0.1) is 6.54 Å². The average molecular weight is 493 g/mol. The smallest absolute Gasteiger partial charge is 0.243 e. The summed E-state index contributed by atoms with van der Waals surface area (Å²) in [4.78, 5) is 27.9. The van der Waals surface area contributed by atoms with Crippen molar-refractivity contribution in [2.45, 2.75) is 57.0 Å². The molecule has 0 unspecified atom stereocenters. The van der Waals surface area contributed by atoms with E-state index in [0.717, 1.165) is 43.5 Å². The lowest BCUT2D eigenvalue weighted by Crippen LogP contribution is -2.54. The Kier molecular flexibility index (Phi) is 11.8. The molecule has 2 aliphatic rings. The fourth-order valence-electron chi connectivity index (χ4n) is 4.62. The van der Waals surface area contributed by atoms with Crippen LogP contribution in [0.3, 0.4) is 0 Å². The Labute approximate surface area is 207 Å². The second-order valence-electron chi connectivity index (χ2n) is 9.13.